The molecule has 0 atom stereocenters. The fraction of sp³-hybridized carbons (Fsp3) is 0.538. The summed E-state index contributed by atoms with van der Waals surface area (Å²) in [4.78, 5) is 1.66. The fourth-order valence-corrected chi connectivity index (χ4v) is 3.06. The van der Waals surface area contributed by atoms with Crippen molar-refractivity contribution in [2.45, 2.75) is 11.3 Å². The zero-order chi connectivity index (χ0) is 14.8. The van der Waals surface area contributed by atoms with Crippen molar-refractivity contribution in [1.82, 2.24) is 10.2 Å². The van der Waals surface area contributed by atoms with Crippen molar-refractivity contribution in [3.05, 3.63) is 29.3 Å². The molecule has 20 heavy (non-hydrogen) atoms. The molecule has 1 aromatic rings. The molecule has 2 rings (SSSR count). The fourth-order valence-electron chi connectivity index (χ4n) is 2.30. The molecule has 0 radical (unpaired) electrons. The van der Waals surface area contributed by atoms with E-state index in [1.165, 1.54) is 0 Å². The van der Waals surface area contributed by atoms with Gasteiger partial charge in [0.25, 0.3) is 0 Å². The summed E-state index contributed by atoms with van der Waals surface area (Å²) in [5.74, 6) is -1.65. The molecule has 0 aromatic heterocycles. The number of nitrogens with zero attached hydrogens (tertiary/aromatic N) is 1. The Balaban J connectivity index is 2.18. The minimum atomic E-state index is -3.68. The van der Waals surface area contributed by atoms with E-state index in [0.717, 1.165) is 44.6 Å². The van der Waals surface area contributed by atoms with Crippen LogP contribution in [-0.2, 0) is 16.3 Å². The maximum Gasteiger partial charge on any atom is 0.178 e. The van der Waals surface area contributed by atoms with Gasteiger partial charge in [-0.25, -0.2) is 17.2 Å². The number of sulfone groups is 1. The predicted molar refractivity (Wildman–Crippen MR) is 72.5 cm³/mol. The molecular weight excluding hydrogens is 286 g/mol. The van der Waals surface area contributed by atoms with Gasteiger partial charge in [-0.1, -0.05) is 0 Å². The molecule has 1 N–H and O–H groups in total. The number of halogens is 2. The van der Waals surface area contributed by atoms with Crippen LogP contribution in [0.25, 0.3) is 0 Å². The van der Waals surface area contributed by atoms with Gasteiger partial charge in [-0.3, -0.25) is 0 Å². The lowest BCUT2D eigenvalue weighted by atomic mass is 10.1. The minimum Gasteiger partial charge on any atom is -0.314 e. The molecule has 0 unspecified atom stereocenters. The van der Waals surface area contributed by atoms with Gasteiger partial charge in [0.2, 0.25) is 0 Å². The highest BCUT2D eigenvalue weighted by molar-refractivity contribution is 7.90. The third-order valence-corrected chi connectivity index (χ3v) is 4.55. The first-order valence-electron chi connectivity index (χ1n) is 6.49. The Morgan fingerprint density at radius 3 is 2.50 bits per heavy atom. The summed E-state index contributed by atoms with van der Waals surface area (Å²) in [5, 5.41) is 3.20. The van der Waals surface area contributed by atoms with E-state index in [1.807, 2.05) is 0 Å². The van der Waals surface area contributed by atoms with E-state index in [4.69, 9.17) is 0 Å². The molecule has 1 aliphatic heterocycles. The average Bonchev–Trinajstić information content (AvgIpc) is 2.38. The van der Waals surface area contributed by atoms with Crippen LogP contribution in [0.4, 0.5) is 8.78 Å². The molecule has 0 amide bonds. The minimum absolute atomic E-state index is 0.147. The van der Waals surface area contributed by atoms with Gasteiger partial charge in [0.1, 0.15) is 16.5 Å². The van der Waals surface area contributed by atoms with Gasteiger partial charge in [-0.15, -0.1) is 0 Å². The van der Waals surface area contributed by atoms with Crippen LogP contribution < -0.4 is 5.32 Å². The highest BCUT2D eigenvalue weighted by Gasteiger charge is 2.20. The summed E-state index contributed by atoms with van der Waals surface area (Å²) in [6, 6.07) is 2.00. The molecular formula is C13H18F2N2O2S. The second kappa shape index (κ2) is 6.15. The Labute approximate surface area is 117 Å². The number of benzene rings is 1. The van der Waals surface area contributed by atoms with Gasteiger partial charge >= 0.3 is 0 Å². The van der Waals surface area contributed by atoms with E-state index in [-0.39, 0.29) is 12.0 Å². The molecule has 1 aliphatic rings. The Morgan fingerprint density at radius 1 is 1.25 bits per heavy atom. The molecule has 4 nitrogen and oxygen atoms in total. The van der Waals surface area contributed by atoms with E-state index in [0.29, 0.717) is 6.54 Å². The number of hydrogen-bond donors (Lipinski definition) is 1. The lowest BCUT2D eigenvalue weighted by Gasteiger charge is -2.27. The predicted octanol–water partition coefficient (Wildman–Crippen LogP) is 0.816. The lowest BCUT2D eigenvalue weighted by Crippen LogP contribution is -2.44. The van der Waals surface area contributed by atoms with Crippen molar-refractivity contribution in [1.29, 1.82) is 0 Å². The first kappa shape index (κ1) is 15.3. The van der Waals surface area contributed by atoms with Gasteiger partial charge < -0.3 is 10.2 Å². The molecule has 1 aromatic carbocycles. The zero-order valence-electron chi connectivity index (χ0n) is 11.3. The van der Waals surface area contributed by atoms with Crippen LogP contribution in [0.5, 0.6) is 0 Å². The topological polar surface area (TPSA) is 49.4 Å². The zero-order valence-corrected chi connectivity index (χ0v) is 12.1. The molecule has 0 aliphatic carbocycles. The first-order valence-corrected chi connectivity index (χ1v) is 8.39. The highest BCUT2D eigenvalue weighted by Crippen LogP contribution is 2.21. The smallest absolute Gasteiger partial charge is 0.178 e. The number of piperazine rings is 1. The van der Waals surface area contributed by atoms with Crippen molar-refractivity contribution >= 4 is 9.84 Å². The quantitative estimate of drug-likeness (QED) is 0.837. The third-order valence-electron chi connectivity index (χ3n) is 3.44. The first-order chi connectivity index (χ1) is 9.39. The molecule has 1 saturated heterocycles. The molecule has 1 fully saturated rings. The average molecular weight is 304 g/mol. The normalized spacial score (nSPS) is 17.4. The summed E-state index contributed by atoms with van der Waals surface area (Å²) in [6.07, 6.45) is 1.09. The van der Waals surface area contributed by atoms with E-state index in [1.54, 1.807) is 0 Å². The third kappa shape index (κ3) is 3.53. The summed E-state index contributed by atoms with van der Waals surface area (Å²) >= 11 is 0. The van der Waals surface area contributed by atoms with Crippen molar-refractivity contribution in [2.75, 3.05) is 39.0 Å². The van der Waals surface area contributed by atoms with Crippen LogP contribution in [0.3, 0.4) is 0 Å². The second-order valence-corrected chi connectivity index (χ2v) is 6.94. The summed E-state index contributed by atoms with van der Waals surface area (Å²) < 4.78 is 50.7. The molecule has 0 spiro atoms. The van der Waals surface area contributed by atoms with Gasteiger partial charge in [0, 0.05) is 44.5 Å². The van der Waals surface area contributed by atoms with E-state index in [2.05, 4.69) is 10.2 Å². The largest absolute Gasteiger partial charge is 0.314 e. The van der Waals surface area contributed by atoms with Gasteiger partial charge in [0.15, 0.2) is 9.84 Å². The van der Waals surface area contributed by atoms with Crippen LogP contribution in [0.2, 0.25) is 0 Å². The van der Waals surface area contributed by atoms with Crippen LogP contribution in [0, 0.1) is 11.6 Å². The molecule has 1 heterocycles. The van der Waals surface area contributed by atoms with E-state index >= 15 is 0 Å². The van der Waals surface area contributed by atoms with Gasteiger partial charge in [-0.05, 0) is 18.6 Å². The van der Waals surface area contributed by atoms with E-state index in [9.17, 15) is 17.2 Å². The molecule has 0 bridgehead atoms. The Kier molecular flexibility index (Phi) is 4.72. The Hall–Kier alpha value is -1.05. The van der Waals surface area contributed by atoms with Crippen molar-refractivity contribution in [3.8, 4) is 0 Å². The van der Waals surface area contributed by atoms with Crippen LogP contribution in [-0.4, -0.2) is 52.3 Å². The summed E-state index contributed by atoms with van der Waals surface area (Å²) in [7, 11) is -3.68. The molecule has 7 heteroatoms. The number of hydrogen-bond acceptors (Lipinski definition) is 4. The maximum atomic E-state index is 14.1. The van der Waals surface area contributed by atoms with Crippen LogP contribution in [0.1, 0.15) is 5.56 Å². The van der Waals surface area contributed by atoms with Crippen molar-refractivity contribution in [3.63, 3.8) is 0 Å². The van der Waals surface area contributed by atoms with E-state index < -0.39 is 26.4 Å². The van der Waals surface area contributed by atoms with Crippen LogP contribution in [0.15, 0.2) is 17.0 Å². The molecule has 112 valence electrons. The number of rotatable bonds is 4. The second-order valence-electron chi connectivity index (χ2n) is 4.95. The SMILES string of the molecule is CS(=O)(=O)c1ccc(F)c(CCN2CCNCC2)c1F. The van der Waals surface area contributed by atoms with Crippen molar-refractivity contribution < 1.29 is 17.2 Å². The summed E-state index contributed by atoms with van der Waals surface area (Å²) in [6.45, 7) is 3.88. The Morgan fingerprint density at radius 2 is 1.90 bits per heavy atom. The van der Waals surface area contributed by atoms with Crippen LogP contribution >= 0.6 is 0 Å². The van der Waals surface area contributed by atoms with Gasteiger partial charge in [0.05, 0.1) is 0 Å². The monoisotopic (exact) mass is 304 g/mol. The van der Waals surface area contributed by atoms with Gasteiger partial charge in [-0.2, -0.15) is 0 Å². The van der Waals surface area contributed by atoms with Crippen molar-refractivity contribution in [2.24, 2.45) is 0 Å². The standard InChI is InChI=1S/C13H18F2N2O2S/c1-20(18,19)12-3-2-11(14)10(13(12)15)4-7-17-8-5-16-6-9-17/h2-3,16H,4-9H2,1H3. The Bertz CT molecular complexity index is 584. The highest BCUT2D eigenvalue weighted by atomic mass is 32.2. The summed E-state index contributed by atoms with van der Waals surface area (Å²) in [5.41, 5.74) is -0.147. The molecule has 0 saturated carbocycles. The maximum absolute atomic E-state index is 14.1. The lowest BCUT2D eigenvalue weighted by molar-refractivity contribution is 0.242. The number of nitrogens with one attached hydrogen (secondary N) is 1.